The van der Waals surface area contributed by atoms with E-state index in [1.807, 2.05) is 30.3 Å². The topological polar surface area (TPSA) is 0 Å². The summed E-state index contributed by atoms with van der Waals surface area (Å²) >= 11 is 0. The van der Waals surface area contributed by atoms with Crippen molar-refractivity contribution in [2.45, 2.75) is 19.5 Å². The molecule has 0 heterocycles. The van der Waals surface area contributed by atoms with E-state index in [0.29, 0.717) is 6.42 Å². The van der Waals surface area contributed by atoms with Crippen molar-refractivity contribution < 1.29 is 4.39 Å². The van der Waals surface area contributed by atoms with Crippen molar-refractivity contribution in [1.29, 1.82) is 0 Å². The second kappa shape index (κ2) is 3.35. The van der Waals surface area contributed by atoms with Crippen LogP contribution in [0.4, 0.5) is 4.39 Å². The Morgan fingerprint density at radius 2 is 1.90 bits per heavy atom. The second-order valence-corrected chi connectivity index (χ2v) is 2.47. The van der Waals surface area contributed by atoms with E-state index >= 15 is 0 Å². The molecule has 1 aromatic carbocycles. The lowest BCUT2D eigenvalue weighted by Crippen LogP contribution is -1.97. The summed E-state index contributed by atoms with van der Waals surface area (Å²) in [6.07, 6.45) is -0.205. The van der Waals surface area contributed by atoms with Gasteiger partial charge in [-0.05, 0) is 12.5 Å². The molecule has 0 fully saturated rings. The minimum atomic E-state index is -0.734. The van der Waals surface area contributed by atoms with Crippen molar-refractivity contribution in [3.05, 3.63) is 35.9 Å². The van der Waals surface area contributed by atoms with E-state index in [1.54, 1.807) is 6.92 Å². The molecule has 1 atom stereocenters. The molecule has 0 aliphatic carbocycles. The third kappa shape index (κ3) is 2.18. The van der Waals surface area contributed by atoms with E-state index in [-0.39, 0.29) is 0 Å². The summed E-state index contributed by atoms with van der Waals surface area (Å²) in [5.41, 5.74) is 1.07. The normalized spacial score (nSPS) is 13.0. The van der Waals surface area contributed by atoms with Crippen molar-refractivity contribution in [2.24, 2.45) is 0 Å². The fourth-order valence-corrected chi connectivity index (χ4v) is 0.939. The van der Waals surface area contributed by atoms with E-state index in [2.05, 4.69) is 0 Å². The van der Waals surface area contributed by atoms with Gasteiger partial charge in [0.1, 0.15) is 6.17 Å². The van der Waals surface area contributed by atoms with Gasteiger partial charge < -0.3 is 0 Å². The van der Waals surface area contributed by atoms with Crippen LogP contribution in [0.2, 0.25) is 0 Å². The van der Waals surface area contributed by atoms with E-state index in [9.17, 15) is 4.39 Å². The maximum absolute atomic E-state index is 12.4. The quantitative estimate of drug-likeness (QED) is 0.589. The van der Waals surface area contributed by atoms with Gasteiger partial charge in [0.2, 0.25) is 0 Å². The van der Waals surface area contributed by atoms with E-state index in [4.69, 9.17) is 0 Å². The molecule has 0 saturated heterocycles. The molecule has 0 saturated carbocycles. The highest BCUT2D eigenvalue weighted by Gasteiger charge is 1.97. The van der Waals surface area contributed by atoms with E-state index < -0.39 is 6.17 Å². The predicted octanol–water partition coefficient (Wildman–Crippen LogP) is 2.59. The number of rotatable bonds is 2. The molecule has 0 aliphatic heterocycles. The third-order valence-corrected chi connectivity index (χ3v) is 1.36. The number of halogens is 1. The zero-order valence-electron chi connectivity index (χ0n) is 6.05. The number of hydrogen-bond acceptors (Lipinski definition) is 0. The Kier molecular flexibility index (Phi) is 2.43. The van der Waals surface area contributed by atoms with Gasteiger partial charge >= 0.3 is 0 Å². The van der Waals surface area contributed by atoms with Gasteiger partial charge in [0, 0.05) is 6.42 Å². The van der Waals surface area contributed by atoms with Crippen molar-refractivity contribution >= 4 is 0 Å². The fourth-order valence-electron chi connectivity index (χ4n) is 0.939. The zero-order valence-corrected chi connectivity index (χ0v) is 6.05. The van der Waals surface area contributed by atoms with Crippen LogP contribution < -0.4 is 0 Å². The van der Waals surface area contributed by atoms with Crippen molar-refractivity contribution in [3.8, 4) is 0 Å². The van der Waals surface area contributed by atoms with Gasteiger partial charge in [-0.25, -0.2) is 4.39 Å². The van der Waals surface area contributed by atoms with Gasteiger partial charge in [0.05, 0.1) is 0 Å². The molecule has 0 nitrogen and oxygen atoms in total. The maximum Gasteiger partial charge on any atom is 0.101 e. The molecule has 1 rings (SSSR count). The first-order valence-corrected chi connectivity index (χ1v) is 3.47. The predicted molar refractivity (Wildman–Crippen MR) is 40.7 cm³/mol. The first-order valence-electron chi connectivity index (χ1n) is 3.47. The molecule has 1 heteroatoms. The largest absolute Gasteiger partial charge is 0.247 e. The highest BCUT2D eigenvalue weighted by atomic mass is 19.1. The van der Waals surface area contributed by atoms with Gasteiger partial charge in [-0.15, -0.1) is 0 Å². The Morgan fingerprint density at radius 1 is 1.30 bits per heavy atom. The van der Waals surface area contributed by atoms with Gasteiger partial charge in [0.15, 0.2) is 0 Å². The molecule has 0 radical (unpaired) electrons. The minimum Gasteiger partial charge on any atom is -0.247 e. The van der Waals surface area contributed by atoms with Crippen LogP contribution in [0.5, 0.6) is 0 Å². The van der Waals surface area contributed by atoms with Crippen LogP contribution in [0.15, 0.2) is 30.3 Å². The molecule has 0 aliphatic rings. The average molecular weight is 138 g/mol. The monoisotopic (exact) mass is 138 g/mol. The summed E-state index contributed by atoms with van der Waals surface area (Å²) in [7, 11) is 0. The Hall–Kier alpha value is -0.850. The second-order valence-electron chi connectivity index (χ2n) is 2.47. The molecule has 0 amide bonds. The average Bonchev–Trinajstić information content (AvgIpc) is 1.88. The summed E-state index contributed by atoms with van der Waals surface area (Å²) in [4.78, 5) is 0. The summed E-state index contributed by atoms with van der Waals surface area (Å²) in [6.45, 7) is 1.58. The van der Waals surface area contributed by atoms with Crippen molar-refractivity contribution in [3.63, 3.8) is 0 Å². The molecule has 0 N–H and O–H groups in total. The number of benzene rings is 1. The van der Waals surface area contributed by atoms with E-state index in [1.165, 1.54) is 0 Å². The lowest BCUT2D eigenvalue weighted by atomic mass is 10.1. The van der Waals surface area contributed by atoms with Gasteiger partial charge in [0.25, 0.3) is 0 Å². The van der Waals surface area contributed by atoms with Crippen LogP contribution in [0.25, 0.3) is 0 Å². The number of alkyl halides is 1. The molecule has 0 spiro atoms. The molecule has 1 unspecified atom stereocenters. The number of hydrogen-bond donors (Lipinski definition) is 0. The summed E-state index contributed by atoms with van der Waals surface area (Å²) in [5.74, 6) is 0. The van der Waals surface area contributed by atoms with Crippen LogP contribution in [0.1, 0.15) is 12.5 Å². The third-order valence-electron chi connectivity index (χ3n) is 1.36. The van der Waals surface area contributed by atoms with Gasteiger partial charge in [-0.2, -0.15) is 0 Å². The lowest BCUT2D eigenvalue weighted by Gasteiger charge is -1.99. The Morgan fingerprint density at radius 3 is 2.40 bits per heavy atom. The van der Waals surface area contributed by atoms with Crippen LogP contribution in [-0.2, 0) is 6.42 Å². The van der Waals surface area contributed by atoms with E-state index in [0.717, 1.165) is 5.56 Å². The molecular formula is C9H11F. The molecule has 0 bridgehead atoms. The summed E-state index contributed by atoms with van der Waals surface area (Å²) < 4.78 is 12.4. The van der Waals surface area contributed by atoms with Gasteiger partial charge in [-0.3, -0.25) is 0 Å². The van der Waals surface area contributed by atoms with Crippen LogP contribution in [0.3, 0.4) is 0 Å². The molecule has 0 aromatic heterocycles. The molecule has 54 valence electrons. The SMILES string of the molecule is CC(F)Cc1ccccc1. The Balaban J connectivity index is 2.59. The van der Waals surface area contributed by atoms with Gasteiger partial charge in [-0.1, -0.05) is 30.3 Å². The highest BCUT2D eigenvalue weighted by molar-refractivity contribution is 5.15. The van der Waals surface area contributed by atoms with Crippen molar-refractivity contribution in [2.75, 3.05) is 0 Å². The first kappa shape index (κ1) is 7.26. The van der Waals surface area contributed by atoms with Crippen LogP contribution >= 0.6 is 0 Å². The highest BCUT2D eigenvalue weighted by Crippen LogP contribution is 2.04. The maximum atomic E-state index is 12.4. The first-order chi connectivity index (χ1) is 4.79. The zero-order chi connectivity index (χ0) is 7.40. The standard InChI is InChI=1S/C9H11F/c1-8(10)7-9-5-3-2-4-6-9/h2-6,8H,7H2,1H3. The van der Waals surface area contributed by atoms with Crippen LogP contribution in [-0.4, -0.2) is 6.17 Å². The molecule has 1 aromatic rings. The lowest BCUT2D eigenvalue weighted by molar-refractivity contribution is 0.360. The minimum absolute atomic E-state index is 0.529. The summed E-state index contributed by atoms with van der Waals surface area (Å²) in [6, 6.07) is 9.67. The fraction of sp³-hybridized carbons (Fsp3) is 0.333. The molecular weight excluding hydrogens is 127 g/mol. The Bertz CT molecular complexity index is 179. The summed E-state index contributed by atoms with van der Waals surface area (Å²) in [5, 5.41) is 0. The Labute approximate surface area is 60.7 Å². The van der Waals surface area contributed by atoms with Crippen LogP contribution in [0, 0.1) is 0 Å². The smallest absolute Gasteiger partial charge is 0.101 e. The van der Waals surface area contributed by atoms with Crippen molar-refractivity contribution in [1.82, 2.24) is 0 Å². The molecule has 10 heavy (non-hydrogen) atoms.